The lowest BCUT2D eigenvalue weighted by atomic mass is 10.1. The molecule has 2 aromatic rings. The van der Waals surface area contributed by atoms with Crippen molar-refractivity contribution in [2.75, 3.05) is 0 Å². The second-order valence-electron chi connectivity index (χ2n) is 4.53. The molecular weight excluding hydrogens is 295 g/mol. The Kier molecular flexibility index (Phi) is 4.09. The van der Waals surface area contributed by atoms with E-state index in [1.165, 1.54) is 44.2 Å². The fraction of sp³-hybridized carbons (Fsp3) is 0.133. The SMILES string of the molecule is CC(=O)c1ccc(OS(=O)(=O)c2ccc(F)c(C)c2)cc1. The smallest absolute Gasteiger partial charge is 0.339 e. The number of hydrogen-bond donors (Lipinski definition) is 0. The van der Waals surface area contributed by atoms with Crippen LogP contribution in [0.3, 0.4) is 0 Å². The van der Waals surface area contributed by atoms with Crippen LogP contribution in [0.2, 0.25) is 0 Å². The van der Waals surface area contributed by atoms with Gasteiger partial charge in [-0.1, -0.05) is 0 Å². The van der Waals surface area contributed by atoms with E-state index in [0.717, 1.165) is 12.1 Å². The standard InChI is InChI=1S/C15H13FO4S/c1-10-9-14(7-8-15(10)16)21(18,19)20-13-5-3-12(4-6-13)11(2)17/h3-9H,1-2H3. The Morgan fingerprint density at radius 1 is 1.10 bits per heavy atom. The molecule has 0 radical (unpaired) electrons. The first-order chi connectivity index (χ1) is 9.79. The molecule has 0 spiro atoms. The summed E-state index contributed by atoms with van der Waals surface area (Å²) in [7, 11) is -4.04. The molecule has 21 heavy (non-hydrogen) atoms. The number of carbonyl (C=O) groups excluding carboxylic acids is 1. The Balaban J connectivity index is 2.28. The zero-order valence-electron chi connectivity index (χ0n) is 11.5. The molecule has 4 nitrogen and oxygen atoms in total. The molecule has 0 fully saturated rings. The highest BCUT2D eigenvalue weighted by molar-refractivity contribution is 7.87. The topological polar surface area (TPSA) is 60.4 Å². The van der Waals surface area contributed by atoms with Gasteiger partial charge in [0.2, 0.25) is 0 Å². The molecular formula is C15H13FO4S. The van der Waals surface area contributed by atoms with E-state index in [2.05, 4.69) is 0 Å². The molecule has 0 amide bonds. The van der Waals surface area contributed by atoms with Crippen LogP contribution in [-0.4, -0.2) is 14.2 Å². The number of aryl methyl sites for hydroxylation is 1. The van der Waals surface area contributed by atoms with Crippen molar-refractivity contribution in [2.45, 2.75) is 18.7 Å². The Bertz CT molecular complexity index is 780. The van der Waals surface area contributed by atoms with Crippen molar-refractivity contribution in [3.8, 4) is 5.75 Å². The van der Waals surface area contributed by atoms with Crippen LogP contribution >= 0.6 is 0 Å². The Hall–Kier alpha value is -2.21. The van der Waals surface area contributed by atoms with Gasteiger partial charge < -0.3 is 4.18 Å². The summed E-state index contributed by atoms with van der Waals surface area (Å²) in [6, 6.07) is 9.15. The molecule has 0 heterocycles. The number of benzene rings is 2. The highest BCUT2D eigenvalue weighted by Gasteiger charge is 2.18. The third-order valence-corrected chi connectivity index (χ3v) is 4.13. The lowest BCUT2D eigenvalue weighted by Crippen LogP contribution is -2.10. The maximum atomic E-state index is 13.2. The summed E-state index contributed by atoms with van der Waals surface area (Å²) in [5, 5.41) is 0. The van der Waals surface area contributed by atoms with Gasteiger partial charge in [-0.15, -0.1) is 0 Å². The van der Waals surface area contributed by atoms with Crippen LogP contribution in [0, 0.1) is 12.7 Å². The average Bonchev–Trinajstić information content (AvgIpc) is 2.42. The van der Waals surface area contributed by atoms with Gasteiger partial charge in [0, 0.05) is 5.56 Å². The van der Waals surface area contributed by atoms with Crippen LogP contribution in [0.4, 0.5) is 4.39 Å². The summed E-state index contributed by atoms with van der Waals surface area (Å²) in [6.07, 6.45) is 0. The van der Waals surface area contributed by atoms with Crippen molar-refractivity contribution in [1.82, 2.24) is 0 Å². The minimum absolute atomic E-state index is 0.0852. The van der Waals surface area contributed by atoms with E-state index in [1.54, 1.807) is 0 Å². The molecule has 0 aliphatic carbocycles. The highest BCUT2D eigenvalue weighted by Crippen LogP contribution is 2.21. The van der Waals surface area contributed by atoms with Gasteiger partial charge >= 0.3 is 10.1 Å². The van der Waals surface area contributed by atoms with Crippen molar-refractivity contribution in [2.24, 2.45) is 0 Å². The minimum atomic E-state index is -4.04. The van der Waals surface area contributed by atoms with E-state index in [-0.39, 0.29) is 22.0 Å². The van der Waals surface area contributed by atoms with Crippen molar-refractivity contribution < 1.29 is 21.8 Å². The third kappa shape index (κ3) is 3.46. The second kappa shape index (κ2) is 5.65. The predicted molar refractivity (Wildman–Crippen MR) is 75.4 cm³/mol. The molecule has 0 atom stereocenters. The molecule has 2 aromatic carbocycles. The number of halogens is 1. The monoisotopic (exact) mass is 308 g/mol. The largest absolute Gasteiger partial charge is 0.379 e. The summed E-state index contributed by atoms with van der Waals surface area (Å²) < 4.78 is 42.3. The molecule has 0 unspecified atom stereocenters. The molecule has 0 aliphatic heterocycles. The van der Waals surface area contributed by atoms with Gasteiger partial charge in [0.1, 0.15) is 16.5 Å². The van der Waals surface area contributed by atoms with Crippen molar-refractivity contribution >= 4 is 15.9 Å². The van der Waals surface area contributed by atoms with Gasteiger partial charge in [0.25, 0.3) is 0 Å². The number of hydrogen-bond acceptors (Lipinski definition) is 4. The van der Waals surface area contributed by atoms with Gasteiger partial charge in [-0.25, -0.2) is 4.39 Å². The minimum Gasteiger partial charge on any atom is -0.379 e. The summed E-state index contributed by atoms with van der Waals surface area (Å²) in [5.74, 6) is -0.527. The molecule has 0 aliphatic rings. The molecule has 2 rings (SSSR count). The number of carbonyl (C=O) groups is 1. The Labute approximate surface area is 122 Å². The number of Topliss-reactive ketones (excluding diaryl/α,β-unsaturated/α-hetero) is 1. The highest BCUT2D eigenvalue weighted by atomic mass is 32.2. The Morgan fingerprint density at radius 2 is 1.71 bits per heavy atom. The fourth-order valence-electron chi connectivity index (χ4n) is 1.69. The van der Waals surface area contributed by atoms with E-state index >= 15 is 0 Å². The van der Waals surface area contributed by atoms with Crippen molar-refractivity contribution in [3.05, 3.63) is 59.4 Å². The molecule has 110 valence electrons. The molecule has 0 saturated carbocycles. The zero-order valence-corrected chi connectivity index (χ0v) is 12.3. The van der Waals surface area contributed by atoms with Gasteiger partial charge in [0.05, 0.1) is 0 Å². The van der Waals surface area contributed by atoms with E-state index in [9.17, 15) is 17.6 Å². The van der Waals surface area contributed by atoms with Gasteiger partial charge in [-0.05, 0) is 61.9 Å². The van der Waals surface area contributed by atoms with Crippen LogP contribution in [0.25, 0.3) is 0 Å². The lowest BCUT2D eigenvalue weighted by Gasteiger charge is -2.08. The van der Waals surface area contributed by atoms with Gasteiger partial charge in [-0.2, -0.15) is 8.42 Å². The van der Waals surface area contributed by atoms with Crippen LogP contribution in [0.5, 0.6) is 5.75 Å². The quantitative estimate of drug-likeness (QED) is 0.643. The van der Waals surface area contributed by atoms with Crippen molar-refractivity contribution in [1.29, 1.82) is 0 Å². The number of ketones is 1. The van der Waals surface area contributed by atoms with Crippen LogP contribution in [-0.2, 0) is 10.1 Å². The fourth-order valence-corrected chi connectivity index (χ4v) is 2.71. The summed E-state index contributed by atoms with van der Waals surface area (Å²) in [4.78, 5) is 11.0. The third-order valence-electron chi connectivity index (χ3n) is 2.88. The van der Waals surface area contributed by atoms with Crippen LogP contribution in [0.15, 0.2) is 47.4 Å². The zero-order chi connectivity index (χ0) is 15.6. The van der Waals surface area contributed by atoms with E-state index < -0.39 is 15.9 Å². The number of rotatable bonds is 4. The Morgan fingerprint density at radius 3 is 2.24 bits per heavy atom. The first-order valence-corrected chi connectivity index (χ1v) is 7.52. The second-order valence-corrected chi connectivity index (χ2v) is 6.08. The maximum absolute atomic E-state index is 13.2. The summed E-state index contributed by atoms with van der Waals surface area (Å²) in [6.45, 7) is 2.88. The van der Waals surface area contributed by atoms with Crippen molar-refractivity contribution in [3.63, 3.8) is 0 Å². The normalized spacial score (nSPS) is 11.2. The van der Waals surface area contributed by atoms with Gasteiger partial charge in [-0.3, -0.25) is 4.79 Å². The van der Waals surface area contributed by atoms with E-state index in [0.29, 0.717) is 5.56 Å². The molecule has 0 saturated heterocycles. The average molecular weight is 308 g/mol. The maximum Gasteiger partial charge on any atom is 0.339 e. The summed E-state index contributed by atoms with van der Waals surface area (Å²) in [5.41, 5.74) is 0.670. The van der Waals surface area contributed by atoms with E-state index in [1.807, 2.05) is 0 Å². The first-order valence-electron chi connectivity index (χ1n) is 6.11. The van der Waals surface area contributed by atoms with Crippen LogP contribution < -0.4 is 4.18 Å². The predicted octanol–water partition coefficient (Wildman–Crippen LogP) is 3.10. The van der Waals surface area contributed by atoms with E-state index in [4.69, 9.17) is 4.18 Å². The first kappa shape index (κ1) is 15.2. The summed E-state index contributed by atoms with van der Waals surface area (Å²) >= 11 is 0. The molecule has 0 bridgehead atoms. The molecule has 6 heteroatoms. The van der Waals surface area contributed by atoms with Gasteiger partial charge in [0.15, 0.2) is 5.78 Å². The molecule has 0 aromatic heterocycles. The van der Waals surface area contributed by atoms with Crippen LogP contribution in [0.1, 0.15) is 22.8 Å². The molecule has 0 N–H and O–H groups in total. The lowest BCUT2D eigenvalue weighted by molar-refractivity contribution is 0.101.